The first-order chi connectivity index (χ1) is 8.14. The lowest BCUT2D eigenvalue weighted by atomic mass is 10.2. The van der Waals surface area contributed by atoms with Crippen molar-refractivity contribution in [2.24, 2.45) is 5.14 Å². The van der Waals surface area contributed by atoms with Crippen LogP contribution in [0, 0.1) is 17.0 Å². The number of hydrogen-bond donors (Lipinski definition) is 1. The molecule has 1 aromatic rings. The van der Waals surface area contributed by atoms with E-state index < -0.39 is 37.9 Å². The minimum Gasteiger partial charge on any atom is -0.434 e. The summed E-state index contributed by atoms with van der Waals surface area (Å²) in [5.74, 6) is -0.482. The van der Waals surface area contributed by atoms with E-state index in [2.05, 4.69) is 4.74 Å². The van der Waals surface area contributed by atoms with Gasteiger partial charge in [0.1, 0.15) is 5.75 Å². The smallest absolute Gasteiger partial charge is 0.387 e. The number of halogens is 2. The Bertz CT molecular complexity index is 587. The minimum absolute atomic E-state index is 0.341. The summed E-state index contributed by atoms with van der Waals surface area (Å²) in [6.45, 7) is -2.09. The average Bonchev–Trinajstić information content (AvgIpc) is 2.17. The Kier molecular flexibility index (Phi) is 3.82. The van der Waals surface area contributed by atoms with Crippen molar-refractivity contribution in [1.82, 2.24) is 0 Å². The SMILES string of the molecule is Cc1c(OC(F)F)ccc(S(N)(=O)=O)c1[N+](=O)[O-]. The molecule has 7 nitrogen and oxygen atoms in total. The first-order valence-electron chi connectivity index (χ1n) is 4.40. The molecular weight excluding hydrogens is 274 g/mol. The number of nitro benzene ring substituents is 1. The second-order valence-electron chi connectivity index (χ2n) is 3.22. The third kappa shape index (κ3) is 2.90. The number of sulfonamides is 1. The van der Waals surface area contributed by atoms with Gasteiger partial charge in [-0.05, 0) is 19.1 Å². The van der Waals surface area contributed by atoms with Crippen LogP contribution in [-0.4, -0.2) is 20.0 Å². The van der Waals surface area contributed by atoms with Crippen LogP contribution in [0.1, 0.15) is 5.56 Å². The van der Waals surface area contributed by atoms with Gasteiger partial charge in [-0.2, -0.15) is 8.78 Å². The first-order valence-corrected chi connectivity index (χ1v) is 5.95. The molecule has 18 heavy (non-hydrogen) atoms. The second-order valence-corrected chi connectivity index (χ2v) is 4.75. The Morgan fingerprint density at radius 1 is 1.44 bits per heavy atom. The van der Waals surface area contributed by atoms with Crippen molar-refractivity contribution in [2.45, 2.75) is 18.4 Å². The van der Waals surface area contributed by atoms with E-state index in [1.807, 2.05) is 0 Å². The van der Waals surface area contributed by atoms with Crippen LogP contribution in [0.4, 0.5) is 14.5 Å². The van der Waals surface area contributed by atoms with E-state index in [-0.39, 0.29) is 5.56 Å². The van der Waals surface area contributed by atoms with E-state index in [4.69, 9.17) is 5.14 Å². The zero-order chi connectivity index (χ0) is 14.1. The predicted molar refractivity (Wildman–Crippen MR) is 55.8 cm³/mol. The summed E-state index contributed by atoms with van der Waals surface area (Å²) in [5, 5.41) is 15.6. The van der Waals surface area contributed by atoms with Crippen LogP contribution in [0.15, 0.2) is 17.0 Å². The summed E-state index contributed by atoms with van der Waals surface area (Å²) >= 11 is 0. The van der Waals surface area contributed by atoms with Crippen molar-refractivity contribution in [3.05, 3.63) is 27.8 Å². The molecule has 0 spiro atoms. The molecule has 0 amide bonds. The molecule has 0 unspecified atom stereocenters. The molecular formula is C8H8F2N2O5S. The number of hydrogen-bond acceptors (Lipinski definition) is 5. The summed E-state index contributed by atoms with van der Waals surface area (Å²) in [7, 11) is -4.33. The van der Waals surface area contributed by atoms with E-state index in [1.165, 1.54) is 0 Å². The van der Waals surface area contributed by atoms with Gasteiger partial charge in [0.05, 0.1) is 10.5 Å². The Morgan fingerprint density at radius 3 is 2.39 bits per heavy atom. The summed E-state index contributed by atoms with van der Waals surface area (Å²) in [5.41, 5.74) is -1.22. The van der Waals surface area contributed by atoms with Crippen molar-refractivity contribution in [3.63, 3.8) is 0 Å². The van der Waals surface area contributed by atoms with Crippen LogP contribution < -0.4 is 9.88 Å². The van der Waals surface area contributed by atoms with Crippen LogP contribution in [0.2, 0.25) is 0 Å². The molecule has 0 aliphatic heterocycles. The van der Waals surface area contributed by atoms with Gasteiger partial charge in [0, 0.05) is 0 Å². The third-order valence-electron chi connectivity index (χ3n) is 2.05. The van der Waals surface area contributed by atoms with Crippen molar-refractivity contribution >= 4 is 15.7 Å². The molecule has 0 aliphatic rings. The molecule has 0 saturated heterocycles. The minimum atomic E-state index is -4.33. The zero-order valence-corrected chi connectivity index (χ0v) is 9.78. The number of ether oxygens (including phenoxy) is 1. The number of nitro groups is 1. The molecule has 0 atom stereocenters. The molecule has 100 valence electrons. The van der Waals surface area contributed by atoms with Gasteiger partial charge in [-0.1, -0.05) is 0 Å². The number of rotatable bonds is 4. The van der Waals surface area contributed by atoms with Gasteiger partial charge in [-0.15, -0.1) is 0 Å². The molecule has 1 rings (SSSR count). The maximum absolute atomic E-state index is 12.0. The van der Waals surface area contributed by atoms with Crippen molar-refractivity contribution in [1.29, 1.82) is 0 Å². The average molecular weight is 282 g/mol. The summed E-state index contributed by atoms with van der Waals surface area (Å²) in [4.78, 5) is 8.99. The van der Waals surface area contributed by atoms with Crippen LogP contribution >= 0.6 is 0 Å². The number of benzene rings is 1. The topological polar surface area (TPSA) is 113 Å². The number of nitrogens with zero attached hydrogens (tertiary/aromatic N) is 1. The largest absolute Gasteiger partial charge is 0.434 e. The highest BCUT2D eigenvalue weighted by molar-refractivity contribution is 7.89. The van der Waals surface area contributed by atoms with E-state index in [1.54, 1.807) is 0 Å². The number of primary sulfonamides is 1. The van der Waals surface area contributed by atoms with Crippen molar-refractivity contribution < 1.29 is 26.9 Å². The molecule has 10 heteroatoms. The highest BCUT2D eigenvalue weighted by Gasteiger charge is 2.28. The Morgan fingerprint density at radius 2 is 2.00 bits per heavy atom. The highest BCUT2D eigenvalue weighted by Crippen LogP contribution is 2.34. The van der Waals surface area contributed by atoms with Crippen molar-refractivity contribution in [2.75, 3.05) is 0 Å². The molecule has 0 aromatic heterocycles. The predicted octanol–water partition coefficient (Wildman–Crippen LogP) is 1.15. The van der Waals surface area contributed by atoms with E-state index >= 15 is 0 Å². The molecule has 0 heterocycles. The fourth-order valence-electron chi connectivity index (χ4n) is 1.34. The van der Waals surface area contributed by atoms with Crippen LogP contribution in [0.25, 0.3) is 0 Å². The number of alkyl halides is 2. The van der Waals surface area contributed by atoms with Gasteiger partial charge in [0.25, 0.3) is 5.69 Å². The fourth-order valence-corrected chi connectivity index (χ4v) is 2.09. The highest BCUT2D eigenvalue weighted by atomic mass is 32.2. The van der Waals surface area contributed by atoms with Gasteiger partial charge in [-0.3, -0.25) is 10.1 Å². The molecule has 0 saturated carbocycles. The van der Waals surface area contributed by atoms with Gasteiger partial charge in [-0.25, -0.2) is 13.6 Å². The Labute approximate surface area is 100 Å². The van der Waals surface area contributed by atoms with Gasteiger partial charge >= 0.3 is 6.61 Å². The standard InChI is InChI=1S/C8H8F2N2O5S/c1-4-5(17-8(9)10)2-3-6(18(11,15)16)7(4)12(13)14/h2-3,8H,1H3,(H2,11,15,16). The van der Waals surface area contributed by atoms with Crippen LogP contribution in [-0.2, 0) is 10.0 Å². The molecule has 1 aromatic carbocycles. The fraction of sp³-hybridized carbons (Fsp3) is 0.250. The first kappa shape index (κ1) is 14.3. The van der Waals surface area contributed by atoms with Gasteiger partial charge < -0.3 is 4.74 Å². The third-order valence-corrected chi connectivity index (χ3v) is 2.99. The summed E-state index contributed by atoms with van der Waals surface area (Å²) < 4.78 is 50.4. The molecule has 0 aliphatic carbocycles. The van der Waals surface area contributed by atoms with E-state index in [9.17, 15) is 27.3 Å². The van der Waals surface area contributed by atoms with Gasteiger partial charge in [0.15, 0.2) is 4.90 Å². The second kappa shape index (κ2) is 4.82. The lowest BCUT2D eigenvalue weighted by Crippen LogP contribution is -2.15. The summed E-state index contributed by atoms with van der Waals surface area (Å²) in [6, 6.07) is 1.63. The lowest BCUT2D eigenvalue weighted by Gasteiger charge is -2.09. The van der Waals surface area contributed by atoms with E-state index in [0.29, 0.717) is 0 Å². The number of nitrogens with two attached hydrogens (primary N) is 1. The van der Waals surface area contributed by atoms with E-state index in [0.717, 1.165) is 19.1 Å². The summed E-state index contributed by atoms with van der Waals surface area (Å²) in [6.07, 6.45) is 0. The van der Waals surface area contributed by atoms with Gasteiger partial charge in [0.2, 0.25) is 10.0 Å². The molecule has 0 fully saturated rings. The molecule has 2 N–H and O–H groups in total. The Balaban J connectivity index is 3.53. The van der Waals surface area contributed by atoms with Crippen LogP contribution in [0.5, 0.6) is 5.75 Å². The maximum atomic E-state index is 12.0. The molecule has 0 radical (unpaired) electrons. The quantitative estimate of drug-likeness (QED) is 0.657. The normalized spacial score (nSPS) is 11.6. The zero-order valence-electron chi connectivity index (χ0n) is 8.96. The monoisotopic (exact) mass is 282 g/mol. The molecule has 0 bridgehead atoms. The Hall–Kier alpha value is -1.81. The van der Waals surface area contributed by atoms with Crippen molar-refractivity contribution in [3.8, 4) is 5.75 Å². The maximum Gasteiger partial charge on any atom is 0.387 e. The van der Waals surface area contributed by atoms with Crippen LogP contribution in [0.3, 0.4) is 0 Å². The lowest BCUT2D eigenvalue weighted by molar-refractivity contribution is -0.388.